The Balaban J connectivity index is 1.31. The Morgan fingerprint density at radius 2 is 1.68 bits per heavy atom. The fourth-order valence-electron chi connectivity index (χ4n) is 4.51. The van der Waals surface area contributed by atoms with Gasteiger partial charge in [-0.05, 0) is 36.2 Å². The molecule has 34 heavy (non-hydrogen) atoms. The van der Waals surface area contributed by atoms with Crippen LogP contribution >= 0.6 is 0 Å². The van der Waals surface area contributed by atoms with Crippen molar-refractivity contribution in [2.24, 2.45) is 0 Å². The minimum absolute atomic E-state index is 0.0606. The molecule has 0 unspecified atom stereocenters. The number of nitrogens with one attached hydrogen (secondary N) is 2. The molecule has 0 spiro atoms. The van der Waals surface area contributed by atoms with Crippen molar-refractivity contribution >= 4 is 29.1 Å². The van der Waals surface area contributed by atoms with Crippen LogP contribution in [0.2, 0.25) is 0 Å². The molecule has 180 valence electrons. The van der Waals surface area contributed by atoms with Crippen molar-refractivity contribution in [1.82, 2.24) is 15.1 Å². The summed E-state index contributed by atoms with van der Waals surface area (Å²) in [6.07, 6.45) is 0.865. The van der Waals surface area contributed by atoms with E-state index in [1.54, 1.807) is 4.90 Å². The first kappa shape index (κ1) is 23.8. The van der Waals surface area contributed by atoms with Gasteiger partial charge in [-0.1, -0.05) is 37.3 Å². The van der Waals surface area contributed by atoms with Crippen LogP contribution in [0, 0.1) is 0 Å². The summed E-state index contributed by atoms with van der Waals surface area (Å²) in [6.45, 7) is 6.40. The number of hydrogen-bond donors (Lipinski definition) is 2. The number of rotatable bonds is 7. The first-order chi connectivity index (χ1) is 16.5. The van der Waals surface area contributed by atoms with Gasteiger partial charge >= 0.3 is 0 Å². The molecule has 0 radical (unpaired) electrons. The number of carbonyl (C=O) groups excluding carboxylic acids is 3. The second-order valence-corrected chi connectivity index (χ2v) is 8.80. The molecule has 0 saturated carbocycles. The van der Waals surface area contributed by atoms with Crippen LogP contribution in [-0.4, -0.2) is 79.4 Å². The zero-order chi connectivity index (χ0) is 23.9. The molecule has 2 aromatic rings. The summed E-state index contributed by atoms with van der Waals surface area (Å²) in [7, 11) is 0. The van der Waals surface area contributed by atoms with Gasteiger partial charge in [0, 0.05) is 50.6 Å². The lowest BCUT2D eigenvalue weighted by molar-refractivity contribution is -0.145. The molecule has 4 rings (SSSR count). The Labute approximate surface area is 200 Å². The van der Waals surface area contributed by atoms with Crippen molar-refractivity contribution in [3.05, 3.63) is 60.2 Å². The van der Waals surface area contributed by atoms with Crippen molar-refractivity contribution in [3.8, 4) is 0 Å². The number of hydrogen-bond acceptors (Lipinski definition) is 5. The van der Waals surface area contributed by atoms with Crippen molar-refractivity contribution < 1.29 is 14.4 Å². The molecular formula is C26H33N5O3. The molecule has 8 heteroatoms. The Hall–Kier alpha value is -3.39. The van der Waals surface area contributed by atoms with E-state index in [1.165, 1.54) is 11.3 Å². The van der Waals surface area contributed by atoms with Crippen LogP contribution in [0.3, 0.4) is 0 Å². The number of piperazine rings is 2. The fraction of sp³-hybridized carbons (Fsp3) is 0.423. The standard InChI is InChI=1S/C26H33N5O3/c1-2-20-8-10-21(11-9-20)28-24(32)18-23-26(34)27-12-13-31(23)25(33)19-29-14-16-30(17-15-29)22-6-4-3-5-7-22/h3-11,23H,2,12-19H2,1H3,(H,27,34)(H,28,32)/t23-/m1/s1. The fourth-order valence-corrected chi connectivity index (χ4v) is 4.51. The zero-order valence-electron chi connectivity index (χ0n) is 19.7. The van der Waals surface area contributed by atoms with Gasteiger partial charge < -0.3 is 20.4 Å². The first-order valence-electron chi connectivity index (χ1n) is 12.0. The van der Waals surface area contributed by atoms with Crippen LogP contribution in [0.4, 0.5) is 11.4 Å². The van der Waals surface area contributed by atoms with Gasteiger partial charge in [0.2, 0.25) is 17.7 Å². The maximum Gasteiger partial charge on any atom is 0.243 e. The average Bonchev–Trinajstić information content (AvgIpc) is 2.86. The van der Waals surface area contributed by atoms with Crippen molar-refractivity contribution in [2.45, 2.75) is 25.8 Å². The highest BCUT2D eigenvalue weighted by Gasteiger charge is 2.35. The van der Waals surface area contributed by atoms with Gasteiger partial charge in [-0.2, -0.15) is 0 Å². The highest BCUT2D eigenvalue weighted by atomic mass is 16.2. The SMILES string of the molecule is CCc1ccc(NC(=O)C[C@@H]2C(=O)NCCN2C(=O)CN2CCN(c3ccccc3)CC2)cc1. The predicted molar refractivity (Wildman–Crippen MR) is 133 cm³/mol. The lowest BCUT2D eigenvalue weighted by Crippen LogP contribution is -2.60. The number of nitrogens with zero attached hydrogens (tertiary/aromatic N) is 3. The van der Waals surface area contributed by atoms with Crippen LogP contribution in [0.1, 0.15) is 18.9 Å². The van der Waals surface area contributed by atoms with Gasteiger partial charge in [-0.3, -0.25) is 19.3 Å². The number of benzene rings is 2. The van der Waals surface area contributed by atoms with Crippen molar-refractivity contribution in [1.29, 1.82) is 0 Å². The average molecular weight is 464 g/mol. The molecule has 2 saturated heterocycles. The van der Waals surface area contributed by atoms with Gasteiger partial charge in [-0.25, -0.2) is 0 Å². The van der Waals surface area contributed by atoms with Crippen molar-refractivity contribution in [3.63, 3.8) is 0 Å². The second kappa shape index (κ2) is 11.2. The van der Waals surface area contributed by atoms with Gasteiger partial charge in [0.05, 0.1) is 13.0 Å². The summed E-state index contributed by atoms with van der Waals surface area (Å²) in [5, 5.41) is 5.65. The summed E-state index contributed by atoms with van der Waals surface area (Å²) < 4.78 is 0. The van der Waals surface area contributed by atoms with Crippen LogP contribution in [-0.2, 0) is 20.8 Å². The lowest BCUT2D eigenvalue weighted by Gasteiger charge is -2.39. The third-order valence-electron chi connectivity index (χ3n) is 6.53. The third kappa shape index (κ3) is 5.94. The summed E-state index contributed by atoms with van der Waals surface area (Å²) in [5.41, 5.74) is 3.07. The van der Waals surface area contributed by atoms with Crippen LogP contribution in [0.15, 0.2) is 54.6 Å². The van der Waals surface area contributed by atoms with Crippen LogP contribution < -0.4 is 15.5 Å². The van der Waals surface area contributed by atoms with E-state index >= 15 is 0 Å². The minimum atomic E-state index is -0.790. The van der Waals surface area contributed by atoms with Gasteiger partial charge in [0.15, 0.2) is 0 Å². The molecule has 2 fully saturated rings. The van der Waals surface area contributed by atoms with E-state index in [0.717, 1.165) is 32.6 Å². The number of para-hydroxylation sites is 1. The predicted octanol–water partition coefficient (Wildman–Crippen LogP) is 1.73. The lowest BCUT2D eigenvalue weighted by atomic mass is 10.1. The first-order valence-corrected chi connectivity index (χ1v) is 12.0. The van der Waals surface area contributed by atoms with E-state index in [9.17, 15) is 14.4 Å². The molecule has 2 aromatic carbocycles. The second-order valence-electron chi connectivity index (χ2n) is 8.80. The molecule has 8 nitrogen and oxygen atoms in total. The normalized spacial score (nSPS) is 19.0. The largest absolute Gasteiger partial charge is 0.369 e. The molecule has 2 N–H and O–H groups in total. The van der Waals surface area contributed by atoms with Gasteiger partial charge in [0.1, 0.15) is 6.04 Å². The summed E-state index contributed by atoms with van der Waals surface area (Å²) in [4.78, 5) is 44.4. The zero-order valence-corrected chi connectivity index (χ0v) is 19.7. The Morgan fingerprint density at radius 1 is 0.971 bits per heavy atom. The van der Waals surface area contributed by atoms with E-state index < -0.39 is 6.04 Å². The topological polar surface area (TPSA) is 85.0 Å². The van der Waals surface area contributed by atoms with E-state index in [2.05, 4.69) is 39.5 Å². The molecule has 2 aliphatic heterocycles. The molecule has 2 aliphatic rings. The van der Waals surface area contributed by atoms with Crippen LogP contribution in [0.25, 0.3) is 0 Å². The van der Waals surface area contributed by atoms with E-state index in [-0.39, 0.29) is 30.7 Å². The van der Waals surface area contributed by atoms with Crippen molar-refractivity contribution in [2.75, 3.05) is 56.0 Å². The minimum Gasteiger partial charge on any atom is -0.369 e. The third-order valence-corrected chi connectivity index (χ3v) is 6.53. The molecule has 1 atom stereocenters. The maximum atomic E-state index is 13.1. The Kier molecular flexibility index (Phi) is 7.80. The van der Waals surface area contributed by atoms with E-state index in [4.69, 9.17) is 0 Å². The molecule has 3 amide bonds. The highest BCUT2D eigenvalue weighted by Crippen LogP contribution is 2.17. The quantitative estimate of drug-likeness (QED) is 0.653. The maximum absolute atomic E-state index is 13.1. The van der Waals surface area contributed by atoms with Gasteiger partial charge in [-0.15, -0.1) is 0 Å². The van der Waals surface area contributed by atoms with Gasteiger partial charge in [0.25, 0.3) is 0 Å². The number of carbonyl (C=O) groups is 3. The molecular weight excluding hydrogens is 430 g/mol. The number of amides is 3. The molecule has 0 aromatic heterocycles. The smallest absolute Gasteiger partial charge is 0.243 e. The molecule has 0 bridgehead atoms. The molecule has 0 aliphatic carbocycles. The van der Waals surface area contributed by atoms with Crippen LogP contribution in [0.5, 0.6) is 0 Å². The van der Waals surface area contributed by atoms with E-state index in [0.29, 0.717) is 18.8 Å². The summed E-state index contributed by atoms with van der Waals surface area (Å²) in [6, 6.07) is 17.1. The Bertz CT molecular complexity index is 987. The monoisotopic (exact) mass is 463 g/mol. The number of aryl methyl sites for hydroxylation is 1. The molecule has 2 heterocycles. The number of anilines is 2. The summed E-state index contributed by atoms with van der Waals surface area (Å²) >= 11 is 0. The van der Waals surface area contributed by atoms with E-state index in [1.807, 2.05) is 42.5 Å². The summed E-state index contributed by atoms with van der Waals surface area (Å²) in [5.74, 6) is -0.654. The Morgan fingerprint density at radius 3 is 2.35 bits per heavy atom. The highest BCUT2D eigenvalue weighted by molar-refractivity contribution is 5.97.